The number of fused-ring (bicyclic) bond motifs is 2. The van der Waals surface area contributed by atoms with Crippen molar-refractivity contribution in [2.45, 2.75) is 32.0 Å². The molecule has 1 atom stereocenters. The number of rotatable bonds is 4. The first-order valence-corrected chi connectivity index (χ1v) is 10.1. The molecule has 1 saturated heterocycles. The highest BCUT2D eigenvalue weighted by molar-refractivity contribution is 5.84. The summed E-state index contributed by atoms with van der Waals surface area (Å²) in [5.41, 5.74) is 3.99. The lowest BCUT2D eigenvalue weighted by atomic mass is 10.0. The topological polar surface area (TPSA) is 43.3 Å². The Bertz CT molecular complexity index is 1270. The van der Waals surface area contributed by atoms with Gasteiger partial charge in [0.1, 0.15) is 0 Å². The third-order valence-electron chi connectivity index (χ3n) is 5.89. The summed E-state index contributed by atoms with van der Waals surface area (Å²) in [7, 11) is 0. The van der Waals surface area contributed by atoms with Crippen LogP contribution in [-0.2, 0) is 13.1 Å². The van der Waals surface area contributed by atoms with E-state index < -0.39 is 0 Å². The smallest absolute Gasteiger partial charge is 0.408 e. The maximum atomic E-state index is 12.5. The fourth-order valence-electron chi connectivity index (χ4n) is 4.63. The monoisotopic (exact) mass is 385 g/mol. The van der Waals surface area contributed by atoms with Crippen molar-refractivity contribution in [2.24, 2.45) is 0 Å². The number of hydrogen-bond donors (Lipinski definition) is 0. The van der Waals surface area contributed by atoms with Gasteiger partial charge < -0.3 is 8.98 Å². The Balaban J connectivity index is 1.44. The lowest BCUT2D eigenvalue weighted by Gasteiger charge is -2.32. The van der Waals surface area contributed by atoms with Gasteiger partial charge in [0.25, 0.3) is 0 Å². The summed E-state index contributed by atoms with van der Waals surface area (Å²) in [4.78, 5) is 14.9. The van der Waals surface area contributed by atoms with E-state index in [0.717, 1.165) is 38.0 Å². The summed E-state index contributed by atoms with van der Waals surface area (Å²) in [5, 5.41) is 1.25. The molecule has 0 unspecified atom stereocenters. The van der Waals surface area contributed by atoms with Gasteiger partial charge in [0.2, 0.25) is 0 Å². The highest BCUT2D eigenvalue weighted by Crippen LogP contribution is 2.28. The van der Waals surface area contributed by atoms with Crippen LogP contribution in [-0.4, -0.2) is 27.1 Å². The maximum absolute atomic E-state index is 12.5. The highest BCUT2D eigenvalue weighted by Gasteiger charge is 2.25. The van der Waals surface area contributed by atoms with E-state index in [-0.39, 0.29) is 11.8 Å². The maximum Gasteiger partial charge on any atom is 0.420 e. The first-order chi connectivity index (χ1) is 14.2. The summed E-state index contributed by atoms with van der Waals surface area (Å²) >= 11 is 0. The normalized spacial score (nSPS) is 17.7. The van der Waals surface area contributed by atoms with Gasteiger partial charge in [-0.15, -0.1) is 6.42 Å². The Hall–Kier alpha value is -3.23. The number of para-hydroxylation sites is 3. The van der Waals surface area contributed by atoms with Crippen LogP contribution < -0.4 is 5.76 Å². The Morgan fingerprint density at radius 3 is 2.76 bits per heavy atom. The molecule has 2 aromatic carbocycles. The van der Waals surface area contributed by atoms with Crippen LogP contribution in [0.3, 0.4) is 0 Å². The number of oxazole rings is 1. The largest absolute Gasteiger partial charge is 0.420 e. The first kappa shape index (κ1) is 17.8. The molecule has 5 nitrogen and oxygen atoms in total. The SMILES string of the molecule is C#CCn1cc(CN2CCC[C@@H](n3c(=O)oc4ccccc43)C2)c2ccccc21. The molecule has 0 spiro atoms. The van der Waals surface area contributed by atoms with Crippen molar-refractivity contribution in [2.75, 3.05) is 13.1 Å². The molecular weight excluding hydrogens is 362 g/mol. The van der Waals surface area contributed by atoms with Crippen LogP contribution in [0.25, 0.3) is 22.0 Å². The van der Waals surface area contributed by atoms with Gasteiger partial charge in [0.05, 0.1) is 18.1 Å². The predicted octanol–water partition coefficient (Wildman–Crippen LogP) is 4.02. The Kier molecular flexibility index (Phi) is 4.49. The third kappa shape index (κ3) is 3.16. The van der Waals surface area contributed by atoms with Gasteiger partial charge in [0.15, 0.2) is 5.58 Å². The standard InChI is InChI=1S/C24H23N3O2/c1-2-13-26-16-18(20-9-3-4-10-21(20)26)15-25-14-7-8-19(17-25)27-22-11-5-6-12-23(22)29-24(27)28/h1,3-6,9-12,16,19H,7-8,13-15,17H2/t19-/m1/s1. The van der Waals surface area contributed by atoms with Crippen molar-refractivity contribution in [3.63, 3.8) is 0 Å². The Morgan fingerprint density at radius 1 is 1.10 bits per heavy atom. The Morgan fingerprint density at radius 2 is 1.90 bits per heavy atom. The summed E-state index contributed by atoms with van der Waals surface area (Å²) in [6.45, 7) is 3.27. The zero-order valence-corrected chi connectivity index (χ0v) is 16.3. The molecule has 4 aromatic rings. The molecule has 0 N–H and O–H groups in total. The van der Waals surface area contributed by atoms with E-state index >= 15 is 0 Å². The van der Waals surface area contributed by atoms with Crippen LogP contribution in [0.4, 0.5) is 0 Å². The molecule has 146 valence electrons. The van der Waals surface area contributed by atoms with Gasteiger partial charge in [-0.3, -0.25) is 9.47 Å². The van der Waals surface area contributed by atoms with Crippen molar-refractivity contribution >= 4 is 22.0 Å². The predicted molar refractivity (Wildman–Crippen MR) is 115 cm³/mol. The zero-order chi connectivity index (χ0) is 19.8. The Labute approximate surface area is 169 Å². The quantitative estimate of drug-likeness (QED) is 0.499. The minimum absolute atomic E-state index is 0.124. The van der Waals surface area contributed by atoms with Crippen LogP contribution >= 0.6 is 0 Å². The minimum Gasteiger partial charge on any atom is -0.408 e. The van der Waals surface area contributed by atoms with Gasteiger partial charge in [-0.1, -0.05) is 36.3 Å². The van der Waals surface area contributed by atoms with Crippen LogP contribution in [0.15, 0.2) is 63.9 Å². The number of nitrogens with zero attached hydrogens (tertiary/aromatic N) is 3. The number of terminal acetylenes is 1. The molecule has 0 amide bonds. The average molecular weight is 385 g/mol. The van der Waals surface area contributed by atoms with Gasteiger partial charge in [0, 0.05) is 30.2 Å². The number of benzene rings is 2. The summed E-state index contributed by atoms with van der Waals surface area (Å²) < 4.78 is 9.44. The van der Waals surface area contributed by atoms with E-state index in [9.17, 15) is 4.79 Å². The fourth-order valence-corrected chi connectivity index (χ4v) is 4.63. The van der Waals surface area contributed by atoms with Crippen LogP contribution in [0.2, 0.25) is 0 Å². The zero-order valence-electron chi connectivity index (χ0n) is 16.3. The van der Waals surface area contributed by atoms with Crippen molar-refractivity contribution in [3.8, 4) is 12.3 Å². The van der Waals surface area contributed by atoms with E-state index in [2.05, 4.69) is 39.8 Å². The average Bonchev–Trinajstić information content (AvgIpc) is 3.26. The fraction of sp³-hybridized carbons (Fsp3) is 0.292. The minimum atomic E-state index is -0.260. The molecule has 2 aromatic heterocycles. The second kappa shape index (κ2) is 7.31. The highest BCUT2D eigenvalue weighted by atomic mass is 16.4. The molecule has 0 radical (unpaired) electrons. The number of aromatic nitrogens is 2. The van der Waals surface area contributed by atoms with Crippen molar-refractivity contribution < 1.29 is 4.42 Å². The van der Waals surface area contributed by atoms with Crippen LogP contribution in [0, 0.1) is 12.3 Å². The molecule has 1 aliphatic rings. The van der Waals surface area contributed by atoms with Crippen LogP contribution in [0.1, 0.15) is 24.4 Å². The summed E-state index contributed by atoms with van der Waals surface area (Å²) in [6.07, 6.45) is 9.77. The molecule has 5 heteroatoms. The number of hydrogen-bond acceptors (Lipinski definition) is 3. The summed E-state index contributed by atoms with van der Waals surface area (Å²) in [6, 6.07) is 16.2. The lowest BCUT2D eigenvalue weighted by molar-refractivity contribution is 0.168. The molecular formula is C24H23N3O2. The molecule has 1 fully saturated rings. The van der Waals surface area contributed by atoms with Crippen molar-refractivity contribution in [3.05, 3.63) is 70.8 Å². The molecule has 0 saturated carbocycles. The van der Waals surface area contributed by atoms with Gasteiger partial charge in [-0.2, -0.15) is 0 Å². The second-order valence-corrected chi connectivity index (χ2v) is 7.74. The summed E-state index contributed by atoms with van der Waals surface area (Å²) in [5.74, 6) is 2.48. The molecule has 0 aliphatic carbocycles. The van der Waals surface area contributed by atoms with Gasteiger partial charge >= 0.3 is 5.76 Å². The van der Waals surface area contributed by atoms with Gasteiger partial charge in [-0.25, -0.2) is 4.79 Å². The lowest BCUT2D eigenvalue weighted by Crippen LogP contribution is -2.38. The first-order valence-electron chi connectivity index (χ1n) is 10.1. The molecule has 3 heterocycles. The van der Waals surface area contributed by atoms with E-state index in [4.69, 9.17) is 10.8 Å². The number of piperidine rings is 1. The van der Waals surface area contributed by atoms with E-state index in [1.165, 1.54) is 16.5 Å². The molecule has 5 rings (SSSR count). The molecule has 0 bridgehead atoms. The van der Waals surface area contributed by atoms with E-state index in [1.807, 2.05) is 34.9 Å². The van der Waals surface area contributed by atoms with Gasteiger partial charge in [-0.05, 0) is 43.1 Å². The molecule has 1 aliphatic heterocycles. The van der Waals surface area contributed by atoms with Crippen molar-refractivity contribution in [1.29, 1.82) is 0 Å². The van der Waals surface area contributed by atoms with Crippen molar-refractivity contribution in [1.82, 2.24) is 14.0 Å². The van der Waals surface area contributed by atoms with E-state index in [1.54, 1.807) is 0 Å². The molecule has 29 heavy (non-hydrogen) atoms. The third-order valence-corrected chi connectivity index (χ3v) is 5.89. The van der Waals surface area contributed by atoms with E-state index in [0.29, 0.717) is 12.1 Å². The number of likely N-dealkylation sites (tertiary alicyclic amines) is 1. The van der Waals surface area contributed by atoms with Crippen LogP contribution in [0.5, 0.6) is 0 Å². The second-order valence-electron chi connectivity index (χ2n) is 7.74.